The van der Waals surface area contributed by atoms with Crippen LogP contribution in [0.15, 0.2) is 18.2 Å². The van der Waals surface area contributed by atoms with Crippen molar-refractivity contribution in [1.82, 2.24) is 5.43 Å². The third kappa shape index (κ3) is 3.11. The SMILES string of the molecule is Cc1ccc(-c2sc3c(c2C(=O)O)CC(C)(C)CC3)cc1CNN. The predicted octanol–water partition coefficient (Wildman–Crippen LogP) is 3.90. The highest BCUT2D eigenvalue weighted by Gasteiger charge is 2.32. The zero-order valence-electron chi connectivity index (χ0n) is 14.4. The average Bonchev–Trinajstić information content (AvgIpc) is 2.87. The maximum absolute atomic E-state index is 12.0. The number of rotatable bonds is 4. The maximum Gasteiger partial charge on any atom is 0.337 e. The summed E-state index contributed by atoms with van der Waals surface area (Å²) in [7, 11) is 0. The smallest absolute Gasteiger partial charge is 0.337 e. The largest absolute Gasteiger partial charge is 0.478 e. The summed E-state index contributed by atoms with van der Waals surface area (Å²) in [5.74, 6) is 4.64. The van der Waals surface area contributed by atoms with Crippen LogP contribution in [-0.2, 0) is 19.4 Å². The van der Waals surface area contributed by atoms with Crippen LogP contribution in [0.4, 0.5) is 0 Å². The van der Waals surface area contributed by atoms with Gasteiger partial charge in [-0.2, -0.15) is 0 Å². The number of fused-ring (bicyclic) bond motifs is 1. The number of nitrogens with two attached hydrogens (primary N) is 1. The van der Waals surface area contributed by atoms with Crippen LogP contribution in [0.2, 0.25) is 0 Å². The summed E-state index contributed by atoms with van der Waals surface area (Å²) in [6, 6.07) is 6.12. The second-order valence-electron chi connectivity index (χ2n) is 7.38. The van der Waals surface area contributed by atoms with E-state index in [2.05, 4.69) is 25.3 Å². The van der Waals surface area contributed by atoms with Crippen LogP contribution >= 0.6 is 11.3 Å². The van der Waals surface area contributed by atoms with Crippen molar-refractivity contribution >= 4 is 17.3 Å². The third-order valence-electron chi connectivity index (χ3n) is 4.89. The number of carboxylic acid groups (broad SMARTS) is 1. The Balaban J connectivity index is 2.14. The van der Waals surface area contributed by atoms with Gasteiger partial charge in [0.05, 0.1) is 5.56 Å². The molecule has 0 atom stereocenters. The van der Waals surface area contributed by atoms with Crippen LogP contribution in [-0.4, -0.2) is 11.1 Å². The normalized spacial score (nSPS) is 16.0. The second kappa shape index (κ2) is 6.31. The van der Waals surface area contributed by atoms with Gasteiger partial charge < -0.3 is 5.11 Å². The fourth-order valence-corrected chi connectivity index (χ4v) is 4.77. The first-order valence-electron chi connectivity index (χ1n) is 8.23. The summed E-state index contributed by atoms with van der Waals surface area (Å²) < 4.78 is 0. The molecule has 1 aromatic carbocycles. The molecule has 5 heteroatoms. The third-order valence-corrected chi connectivity index (χ3v) is 6.23. The zero-order valence-corrected chi connectivity index (χ0v) is 15.2. The molecule has 0 saturated carbocycles. The summed E-state index contributed by atoms with van der Waals surface area (Å²) in [4.78, 5) is 14.1. The van der Waals surface area contributed by atoms with E-state index in [4.69, 9.17) is 5.84 Å². The van der Waals surface area contributed by atoms with Crippen molar-refractivity contribution < 1.29 is 9.90 Å². The van der Waals surface area contributed by atoms with Gasteiger partial charge in [0.15, 0.2) is 0 Å². The number of hydrazine groups is 1. The van der Waals surface area contributed by atoms with E-state index in [1.165, 1.54) is 4.88 Å². The van der Waals surface area contributed by atoms with E-state index in [0.29, 0.717) is 12.1 Å². The summed E-state index contributed by atoms with van der Waals surface area (Å²) in [6.45, 7) is 7.04. The molecule has 128 valence electrons. The van der Waals surface area contributed by atoms with Crippen molar-refractivity contribution in [3.63, 3.8) is 0 Å². The molecule has 0 unspecified atom stereocenters. The molecule has 2 aromatic rings. The monoisotopic (exact) mass is 344 g/mol. The van der Waals surface area contributed by atoms with Gasteiger partial charge in [0.25, 0.3) is 0 Å². The molecule has 0 radical (unpaired) electrons. The van der Waals surface area contributed by atoms with E-state index < -0.39 is 5.97 Å². The molecule has 1 aromatic heterocycles. The zero-order chi connectivity index (χ0) is 17.5. The number of aromatic carboxylic acids is 1. The lowest BCUT2D eigenvalue weighted by atomic mass is 9.76. The first-order chi connectivity index (χ1) is 11.3. The van der Waals surface area contributed by atoms with E-state index in [9.17, 15) is 9.90 Å². The highest BCUT2D eigenvalue weighted by atomic mass is 32.1. The molecular weight excluding hydrogens is 320 g/mol. The molecule has 0 amide bonds. The number of hydrogen-bond acceptors (Lipinski definition) is 4. The highest BCUT2D eigenvalue weighted by molar-refractivity contribution is 7.16. The van der Waals surface area contributed by atoms with Gasteiger partial charge >= 0.3 is 5.97 Å². The van der Waals surface area contributed by atoms with Crippen LogP contribution in [0.3, 0.4) is 0 Å². The molecule has 0 bridgehead atoms. The maximum atomic E-state index is 12.0. The highest BCUT2D eigenvalue weighted by Crippen LogP contribution is 2.45. The molecule has 24 heavy (non-hydrogen) atoms. The molecular formula is C19H24N2O2S. The number of benzene rings is 1. The standard InChI is InChI=1S/C19H24N2O2S/c1-11-4-5-12(8-13(11)10-21-20)17-16(18(22)23)14-9-19(2,3)7-6-15(14)24-17/h4-5,8,21H,6-7,9-10,20H2,1-3H3,(H,22,23). The second-order valence-corrected chi connectivity index (χ2v) is 8.48. The summed E-state index contributed by atoms with van der Waals surface area (Å²) in [6.07, 6.45) is 2.91. The van der Waals surface area contributed by atoms with Gasteiger partial charge in [0.2, 0.25) is 0 Å². The van der Waals surface area contributed by atoms with Crippen molar-refractivity contribution in [1.29, 1.82) is 0 Å². The first kappa shape index (κ1) is 17.1. The van der Waals surface area contributed by atoms with Crippen LogP contribution in [0, 0.1) is 12.3 Å². The van der Waals surface area contributed by atoms with Crippen LogP contribution < -0.4 is 11.3 Å². The fraction of sp³-hybridized carbons (Fsp3) is 0.421. The number of aryl methyl sites for hydroxylation is 2. The lowest BCUT2D eigenvalue weighted by Gasteiger charge is -2.29. The van der Waals surface area contributed by atoms with Crippen molar-refractivity contribution in [2.24, 2.45) is 11.3 Å². The average molecular weight is 344 g/mol. The number of hydrogen-bond donors (Lipinski definition) is 3. The Morgan fingerprint density at radius 1 is 1.42 bits per heavy atom. The van der Waals surface area contributed by atoms with Gasteiger partial charge in [-0.1, -0.05) is 26.0 Å². The van der Waals surface area contributed by atoms with E-state index in [1.807, 2.05) is 19.1 Å². The van der Waals surface area contributed by atoms with E-state index >= 15 is 0 Å². The van der Waals surface area contributed by atoms with Gasteiger partial charge in [0.1, 0.15) is 0 Å². The van der Waals surface area contributed by atoms with Gasteiger partial charge in [-0.25, -0.2) is 4.79 Å². The minimum atomic E-state index is -0.820. The Morgan fingerprint density at radius 2 is 2.17 bits per heavy atom. The van der Waals surface area contributed by atoms with Crippen LogP contribution in [0.25, 0.3) is 10.4 Å². The molecule has 0 fully saturated rings. The molecule has 0 spiro atoms. The Morgan fingerprint density at radius 3 is 2.83 bits per heavy atom. The molecule has 4 N–H and O–H groups in total. The summed E-state index contributed by atoms with van der Waals surface area (Å²) in [5, 5.41) is 9.84. The lowest BCUT2D eigenvalue weighted by Crippen LogP contribution is -2.22. The summed E-state index contributed by atoms with van der Waals surface area (Å²) in [5.41, 5.74) is 7.61. The number of carbonyl (C=O) groups is 1. The molecule has 4 nitrogen and oxygen atoms in total. The van der Waals surface area contributed by atoms with Crippen LogP contribution in [0.1, 0.15) is 52.2 Å². The van der Waals surface area contributed by atoms with Crippen LogP contribution in [0.5, 0.6) is 0 Å². The van der Waals surface area contributed by atoms with Gasteiger partial charge in [-0.3, -0.25) is 11.3 Å². The predicted molar refractivity (Wildman–Crippen MR) is 98.3 cm³/mol. The van der Waals surface area contributed by atoms with Crippen molar-refractivity contribution in [2.75, 3.05) is 0 Å². The van der Waals surface area contributed by atoms with Gasteiger partial charge in [-0.05, 0) is 59.9 Å². The lowest BCUT2D eigenvalue weighted by molar-refractivity contribution is 0.0696. The minimum absolute atomic E-state index is 0.164. The van der Waals surface area contributed by atoms with Gasteiger partial charge in [-0.15, -0.1) is 11.3 Å². The van der Waals surface area contributed by atoms with E-state index in [0.717, 1.165) is 46.4 Å². The molecule has 1 aliphatic rings. The summed E-state index contributed by atoms with van der Waals surface area (Å²) >= 11 is 1.64. The quantitative estimate of drug-likeness (QED) is 0.581. The number of thiophene rings is 1. The minimum Gasteiger partial charge on any atom is -0.478 e. The number of nitrogens with one attached hydrogen (secondary N) is 1. The Kier molecular flexibility index (Phi) is 4.51. The fourth-order valence-electron chi connectivity index (χ4n) is 3.46. The van der Waals surface area contributed by atoms with E-state index in [1.54, 1.807) is 11.3 Å². The molecule has 0 saturated heterocycles. The Bertz CT molecular complexity index is 793. The number of carboxylic acids is 1. The van der Waals surface area contributed by atoms with Crippen molar-refractivity contribution in [2.45, 2.75) is 46.6 Å². The van der Waals surface area contributed by atoms with E-state index in [-0.39, 0.29) is 5.41 Å². The topological polar surface area (TPSA) is 75.3 Å². The van der Waals surface area contributed by atoms with Crippen molar-refractivity contribution in [3.05, 3.63) is 45.3 Å². The molecule has 0 aliphatic heterocycles. The Hall–Kier alpha value is -1.69. The molecule has 1 aliphatic carbocycles. The van der Waals surface area contributed by atoms with Gasteiger partial charge in [0, 0.05) is 16.3 Å². The molecule has 3 rings (SSSR count). The Labute approximate surface area is 146 Å². The van der Waals surface area contributed by atoms with Crippen molar-refractivity contribution in [3.8, 4) is 10.4 Å². The first-order valence-corrected chi connectivity index (χ1v) is 9.05. The molecule has 1 heterocycles.